The zero-order valence-corrected chi connectivity index (χ0v) is 5.64. The molecule has 0 aromatic heterocycles. The number of benzene rings is 1. The summed E-state index contributed by atoms with van der Waals surface area (Å²) in [6.45, 7) is 0. The molecule has 0 saturated heterocycles. The molecule has 0 N–H and O–H groups in total. The zero-order chi connectivity index (χ0) is 9.14. The van der Waals surface area contributed by atoms with Gasteiger partial charge in [-0.2, -0.15) is 4.99 Å². The van der Waals surface area contributed by atoms with Crippen LogP contribution in [0.4, 0.5) is 18.9 Å². The van der Waals surface area contributed by atoms with Crippen LogP contribution in [0.1, 0.15) is 0 Å². The van der Waals surface area contributed by atoms with E-state index in [1.54, 1.807) is 0 Å². The fraction of sp³-hybridized carbons (Fsp3) is 0. The van der Waals surface area contributed by atoms with Gasteiger partial charge in [-0.1, -0.05) is 0 Å². The summed E-state index contributed by atoms with van der Waals surface area (Å²) >= 11 is 0. The summed E-state index contributed by atoms with van der Waals surface area (Å²) in [7, 11) is 0. The first kappa shape index (κ1) is 8.49. The Bertz CT molecular complexity index is 358. The molecule has 0 aliphatic rings. The zero-order valence-electron chi connectivity index (χ0n) is 5.64. The Morgan fingerprint density at radius 3 is 2.25 bits per heavy atom. The van der Waals surface area contributed by atoms with E-state index < -0.39 is 23.1 Å². The van der Waals surface area contributed by atoms with Gasteiger partial charge in [0.25, 0.3) is 0 Å². The Labute approximate surface area is 65.3 Å². The molecule has 0 aliphatic carbocycles. The van der Waals surface area contributed by atoms with Gasteiger partial charge in [0.05, 0.1) is 0 Å². The van der Waals surface area contributed by atoms with Crippen molar-refractivity contribution in [2.45, 2.75) is 0 Å². The molecule has 0 unspecified atom stereocenters. The van der Waals surface area contributed by atoms with E-state index in [4.69, 9.17) is 0 Å². The van der Waals surface area contributed by atoms with Crippen molar-refractivity contribution in [3.05, 3.63) is 29.6 Å². The predicted molar refractivity (Wildman–Crippen MR) is 34.1 cm³/mol. The van der Waals surface area contributed by atoms with Crippen molar-refractivity contribution >= 4 is 11.8 Å². The van der Waals surface area contributed by atoms with E-state index in [-0.39, 0.29) is 0 Å². The van der Waals surface area contributed by atoms with E-state index in [1.165, 1.54) is 0 Å². The van der Waals surface area contributed by atoms with Gasteiger partial charge in [0, 0.05) is 12.1 Å². The minimum Gasteiger partial charge on any atom is -0.211 e. The predicted octanol–water partition coefficient (Wildman–Crippen LogP) is 2.07. The van der Waals surface area contributed by atoms with Crippen LogP contribution >= 0.6 is 0 Å². The summed E-state index contributed by atoms with van der Waals surface area (Å²) in [5, 5.41) is 0. The van der Waals surface area contributed by atoms with Crippen LogP contribution in [0.2, 0.25) is 0 Å². The summed E-state index contributed by atoms with van der Waals surface area (Å²) in [5.74, 6) is -3.68. The molecule has 0 fully saturated rings. The maximum atomic E-state index is 12.5. The van der Waals surface area contributed by atoms with Crippen molar-refractivity contribution in [1.82, 2.24) is 0 Å². The summed E-state index contributed by atoms with van der Waals surface area (Å²) in [4.78, 5) is 12.5. The highest BCUT2D eigenvalue weighted by Crippen LogP contribution is 2.20. The molecule has 0 atom stereocenters. The lowest BCUT2D eigenvalue weighted by Gasteiger charge is -1.95. The molecule has 12 heavy (non-hydrogen) atoms. The van der Waals surface area contributed by atoms with Gasteiger partial charge in [-0.05, 0) is 0 Å². The van der Waals surface area contributed by atoms with E-state index >= 15 is 0 Å². The first-order valence-corrected chi connectivity index (χ1v) is 2.87. The highest BCUT2D eigenvalue weighted by atomic mass is 19.2. The van der Waals surface area contributed by atoms with Gasteiger partial charge in [-0.3, -0.25) is 0 Å². The molecular weight excluding hydrogens is 171 g/mol. The fourth-order valence-corrected chi connectivity index (χ4v) is 0.647. The Kier molecular flexibility index (Phi) is 2.26. The lowest BCUT2D eigenvalue weighted by molar-refractivity contribution is 0.495. The molecule has 0 amide bonds. The highest BCUT2D eigenvalue weighted by molar-refractivity contribution is 5.49. The largest absolute Gasteiger partial charge is 0.240 e. The van der Waals surface area contributed by atoms with E-state index in [0.717, 1.165) is 6.08 Å². The first-order valence-electron chi connectivity index (χ1n) is 2.87. The average Bonchev–Trinajstić information content (AvgIpc) is 2.01. The molecule has 62 valence electrons. The minimum absolute atomic E-state index is 0.311. The van der Waals surface area contributed by atoms with Gasteiger partial charge < -0.3 is 0 Å². The quantitative estimate of drug-likeness (QED) is 0.363. The topological polar surface area (TPSA) is 29.4 Å². The number of halogens is 3. The molecule has 0 bridgehead atoms. The van der Waals surface area contributed by atoms with Gasteiger partial charge in [0.15, 0.2) is 17.5 Å². The summed E-state index contributed by atoms with van der Waals surface area (Å²) in [6, 6.07) is 0.793. The van der Waals surface area contributed by atoms with Gasteiger partial charge in [-0.15, -0.1) is 0 Å². The van der Waals surface area contributed by atoms with Crippen molar-refractivity contribution in [3.63, 3.8) is 0 Å². The van der Waals surface area contributed by atoms with Crippen molar-refractivity contribution in [2.75, 3.05) is 0 Å². The Hall–Kier alpha value is -1.61. The maximum Gasteiger partial charge on any atom is 0.240 e. The smallest absolute Gasteiger partial charge is 0.211 e. The van der Waals surface area contributed by atoms with Crippen LogP contribution in [-0.4, -0.2) is 6.08 Å². The molecule has 1 rings (SSSR count). The second-order valence-corrected chi connectivity index (χ2v) is 1.92. The van der Waals surface area contributed by atoms with Crippen LogP contribution in [0, 0.1) is 17.5 Å². The Morgan fingerprint density at radius 1 is 1.08 bits per heavy atom. The Morgan fingerprint density at radius 2 is 1.67 bits per heavy atom. The molecule has 0 radical (unpaired) electrons. The number of hydrogen-bond donors (Lipinski definition) is 0. The van der Waals surface area contributed by atoms with Crippen molar-refractivity contribution in [2.24, 2.45) is 4.99 Å². The molecule has 0 spiro atoms. The lowest BCUT2D eigenvalue weighted by atomic mass is 10.3. The first-order chi connectivity index (χ1) is 5.65. The Balaban J connectivity index is 3.32. The summed E-state index contributed by atoms with van der Waals surface area (Å²) in [6.07, 6.45) is 1.02. The second-order valence-electron chi connectivity index (χ2n) is 1.92. The minimum atomic E-state index is -1.32. The molecule has 5 heteroatoms. The van der Waals surface area contributed by atoms with E-state index in [2.05, 4.69) is 4.99 Å². The van der Waals surface area contributed by atoms with E-state index in [1.807, 2.05) is 0 Å². The molecule has 0 saturated carbocycles. The highest BCUT2D eigenvalue weighted by Gasteiger charge is 2.08. The monoisotopic (exact) mass is 173 g/mol. The van der Waals surface area contributed by atoms with Crippen molar-refractivity contribution in [3.8, 4) is 0 Å². The second kappa shape index (κ2) is 3.19. The summed E-state index contributed by atoms with van der Waals surface area (Å²) < 4.78 is 37.1. The number of rotatable bonds is 1. The van der Waals surface area contributed by atoms with Gasteiger partial charge in [0.2, 0.25) is 6.08 Å². The molecule has 0 heterocycles. The number of carbonyl (C=O) groups excluding carboxylic acids is 1. The number of hydrogen-bond acceptors (Lipinski definition) is 2. The number of isocyanates is 1. The van der Waals surface area contributed by atoms with E-state index in [0.29, 0.717) is 12.1 Å². The fourth-order valence-electron chi connectivity index (χ4n) is 0.647. The van der Waals surface area contributed by atoms with Crippen LogP contribution in [0.3, 0.4) is 0 Å². The normalized spacial score (nSPS) is 9.25. The third-order valence-electron chi connectivity index (χ3n) is 1.16. The molecule has 1 aromatic carbocycles. The SMILES string of the molecule is O=C=Nc1cc(F)c(F)cc1F. The molecule has 2 nitrogen and oxygen atoms in total. The van der Waals surface area contributed by atoms with Crippen LogP contribution < -0.4 is 0 Å². The standard InChI is InChI=1S/C7H2F3NO/c8-4-1-6(10)7(11-3-12)2-5(4)9/h1-2H. The van der Waals surface area contributed by atoms with Gasteiger partial charge >= 0.3 is 0 Å². The van der Waals surface area contributed by atoms with Crippen molar-refractivity contribution < 1.29 is 18.0 Å². The maximum absolute atomic E-state index is 12.5. The van der Waals surface area contributed by atoms with Crippen molar-refractivity contribution in [1.29, 1.82) is 0 Å². The molecule has 1 aromatic rings. The van der Waals surface area contributed by atoms with Crippen LogP contribution in [-0.2, 0) is 4.79 Å². The molecule has 0 aliphatic heterocycles. The van der Waals surface area contributed by atoms with Crippen LogP contribution in [0.5, 0.6) is 0 Å². The number of aliphatic imine (C=N–C) groups is 1. The van der Waals surface area contributed by atoms with Gasteiger partial charge in [-0.25, -0.2) is 18.0 Å². The summed E-state index contributed by atoms with van der Waals surface area (Å²) in [5.41, 5.74) is -0.566. The third-order valence-corrected chi connectivity index (χ3v) is 1.16. The van der Waals surface area contributed by atoms with Crippen LogP contribution in [0.25, 0.3) is 0 Å². The number of nitrogens with zero attached hydrogens (tertiary/aromatic N) is 1. The third kappa shape index (κ3) is 1.52. The van der Waals surface area contributed by atoms with E-state index in [9.17, 15) is 18.0 Å². The van der Waals surface area contributed by atoms with Crippen LogP contribution in [0.15, 0.2) is 17.1 Å². The molecular formula is C7H2F3NO. The van der Waals surface area contributed by atoms with Gasteiger partial charge in [0.1, 0.15) is 5.69 Å². The average molecular weight is 173 g/mol. The lowest BCUT2D eigenvalue weighted by Crippen LogP contribution is -1.85.